The molecule has 1 amide bonds. The summed E-state index contributed by atoms with van der Waals surface area (Å²) in [4.78, 5) is 23.7. The molecule has 0 bridgehead atoms. The van der Waals surface area contributed by atoms with Gasteiger partial charge in [0.1, 0.15) is 5.75 Å². The van der Waals surface area contributed by atoms with Gasteiger partial charge in [-0.15, -0.1) is 0 Å². The van der Waals surface area contributed by atoms with E-state index < -0.39 is 28.5 Å². The summed E-state index contributed by atoms with van der Waals surface area (Å²) in [6.07, 6.45) is 0.777. The second-order valence-electron chi connectivity index (χ2n) is 6.12. The molecule has 1 N–H and O–H groups in total. The number of benzene rings is 1. The Kier molecular flexibility index (Phi) is 5.69. The van der Waals surface area contributed by atoms with Crippen LogP contribution in [0.1, 0.15) is 13.3 Å². The topological polar surface area (TPSA) is 102 Å². The van der Waals surface area contributed by atoms with Crippen LogP contribution in [-0.4, -0.2) is 52.4 Å². The van der Waals surface area contributed by atoms with Crippen LogP contribution in [0.5, 0.6) is 5.75 Å². The van der Waals surface area contributed by atoms with E-state index in [1.165, 1.54) is 39.4 Å². The molecule has 2 rings (SSSR count). The van der Waals surface area contributed by atoms with Crippen molar-refractivity contribution >= 4 is 27.6 Å². The maximum atomic E-state index is 12.2. The van der Waals surface area contributed by atoms with Gasteiger partial charge in [0.25, 0.3) is 5.91 Å². The van der Waals surface area contributed by atoms with Gasteiger partial charge in [0.05, 0.1) is 23.6 Å². The first-order valence-corrected chi connectivity index (χ1v) is 9.18. The van der Waals surface area contributed by atoms with Crippen LogP contribution in [0.2, 0.25) is 0 Å². The Hall–Kier alpha value is -2.13. The van der Waals surface area contributed by atoms with Gasteiger partial charge in [0.15, 0.2) is 6.61 Å². The molecule has 0 unspecified atom stereocenters. The van der Waals surface area contributed by atoms with Gasteiger partial charge in [-0.1, -0.05) is 6.92 Å². The van der Waals surface area contributed by atoms with E-state index in [1.807, 2.05) is 6.92 Å². The number of nitrogens with one attached hydrogen (secondary N) is 1. The van der Waals surface area contributed by atoms with E-state index in [4.69, 9.17) is 9.47 Å². The van der Waals surface area contributed by atoms with Crippen molar-refractivity contribution in [2.75, 3.05) is 33.1 Å². The molecule has 9 heteroatoms. The van der Waals surface area contributed by atoms with Gasteiger partial charge in [-0.25, -0.2) is 12.7 Å². The van der Waals surface area contributed by atoms with Gasteiger partial charge in [0, 0.05) is 14.1 Å². The Morgan fingerprint density at radius 1 is 1.32 bits per heavy atom. The van der Waals surface area contributed by atoms with Crippen molar-refractivity contribution in [3.05, 3.63) is 18.2 Å². The van der Waals surface area contributed by atoms with E-state index in [9.17, 15) is 18.0 Å². The number of nitrogens with zero attached hydrogens (tertiary/aromatic N) is 1. The molecule has 138 valence electrons. The highest BCUT2D eigenvalue weighted by atomic mass is 32.2. The molecule has 1 aliphatic carbocycles. The molecule has 2 atom stereocenters. The molecular formula is C16H22N2O6S. The van der Waals surface area contributed by atoms with Crippen molar-refractivity contribution in [1.29, 1.82) is 0 Å². The predicted molar refractivity (Wildman–Crippen MR) is 90.7 cm³/mol. The summed E-state index contributed by atoms with van der Waals surface area (Å²) in [6, 6.07) is 4.14. The fraction of sp³-hybridized carbons (Fsp3) is 0.500. The van der Waals surface area contributed by atoms with E-state index in [0.29, 0.717) is 11.7 Å². The lowest BCUT2D eigenvalue weighted by atomic mass is 10.3. The lowest BCUT2D eigenvalue weighted by Crippen LogP contribution is -2.24. The van der Waals surface area contributed by atoms with Gasteiger partial charge in [-0.2, -0.15) is 0 Å². The Morgan fingerprint density at radius 3 is 2.48 bits per heavy atom. The van der Waals surface area contributed by atoms with Gasteiger partial charge >= 0.3 is 5.97 Å². The van der Waals surface area contributed by atoms with Crippen molar-refractivity contribution in [3.63, 3.8) is 0 Å². The maximum absolute atomic E-state index is 12.2. The number of rotatable bonds is 7. The Morgan fingerprint density at radius 2 is 1.96 bits per heavy atom. The third-order valence-electron chi connectivity index (χ3n) is 3.98. The van der Waals surface area contributed by atoms with Crippen LogP contribution in [0, 0.1) is 11.8 Å². The average Bonchev–Trinajstić information content (AvgIpc) is 3.29. The zero-order valence-electron chi connectivity index (χ0n) is 14.6. The summed E-state index contributed by atoms with van der Waals surface area (Å²) in [6.45, 7) is 1.50. The van der Waals surface area contributed by atoms with Crippen LogP contribution in [-0.2, 0) is 24.3 Å². The highest BCUT2D eigenvalue weighted by molar-refractivity contribution is 7.89. The SMILES string of the molecule is COc1ccc(S(=O)(=O)N(C)C)cc1NC(=O)COC(=O)[C@H]1C[C@@H]1C. The van der Waals surface area contributed by atoms with E-state index in [-0.39, 0.29) is 16.5 Å². The van der Waals surface area contributed by atoms with Gasteiger partial charge in [-0.05, 0) is 30.5 Å². The molecular weight excluding hydrogens is 348 g/mol. The molecule has 0 aliphatic heterocycles. The first-order chi connectivity index (χ1) is 11.7. The molecule has 1 aromatic rings. The number of hydrogen-bond acceptors (Lipinski definition) is 6. The normalized spacial score (nSPS) is 19.4. The van der Waals surface area contributed by atoms with Crippen LogP contribution in [0.25, 0.3) is 0 Å². The number of esters is 1. The molecule has 0 aromatic heterocycles. The number of anilines is 1. The number of amides is 1. The van der Waals surface area contributed by atoms with Crippen LogP contribution in [0.15, 0.2) is 23.1 Å². The second kappa shape index (κ2) is 7.40. The first-order valence-electron chi connectivity index (χ1n) is 7.74. The summed E-state index contributed by atoms with van der Waals surface area (Å²) in [5, 5.41) is 2.51. The summed E-state index contributed by atoms with van der Waals surface area (Å²) in [5.41, 5.74) is 0.186. The monoisotopic (exact) mass is 370 g/mol. The quantitative estimate of drug-likeness (QED) is 0.721. The Labute approximate surface area is 147 Å². The smallest absolute Gasteiger partial charge is 0.309 e. The van der Waals surface area contributed by atoms with Crippen molar-refractivity contribution in [2.24, 2.45) is 11.8 Å². The zero-order valence-corrected chi connectivity index (χ0v) is 15.4. The zero-order chi connectivity index (χ0) is 18.8. The van der Waals surface area contributed by atoms with E-state index in [2.05, 4.69) is 5.32 Å². The molecule has 0 radical (unpaired) electrons. The summed E-state index contributed by atoms with van der Waals surface area (Å²) >= 11 is 0. The molecule has 8 nitrogen and oxygen atoms in total. The third-order valence-corrected chi connectivity index (χ3v) is 5.79. The summed E-state index contributed by atoms with van der Waals surface area (Å²) in [7, 11) is 0.574. The largest absolute Gasteiger partial charge is 0.495 e. The lowest BCUT2D eigenvalue weighted by molar-refractivity contribution is -0.148. The fourth-order valence-corrected chi connectivity index (χ4v) is 3.16. The highest BCUT2D eigenvalue weighted by Crippen LogP contribution is 2.38. The number of ether oxygens (including phenoxy) is 2. The number of methoxy groups -OCH3 is 1. The second-order valence-corrected chi connectivity index (χ2v) is 8.28. The first kappa shape index (κ1) is 19.2. The lowest BCUT2D eigenvalue weighted by Gasteiger charge is -2.15. The molecule has 25 heavy (non-hydrogen) atoms. The van der Waals surface area contributed by atoms with Crippen molar-refractivity contribution in [1.82, 2.24) is 4.31 Å². The van der Waals surface area contributed by atoms with Crippen LogP contribution in [0.3, 0.4) is 0 Å². The van der Waals surface area contributed by atoms with Crippen LogP contribution in [0.4, 0.5) is 5.69 Å². The van der Waals surface area contributed by atoms with Crippen LogP contribution >= 0.6 is 0 Å². The summed E-state index contributed by atoms with van der Waals surface area (Å²) in [5.74, 6) is -0.495. The molecule has 0 heterocycles. The number of carbonyl (C=O) groups excluding carboxylic acids is 2. The number of sulfonamides is 1. The van der Waals surface area contributed by atoms with Crippen LogP contribution < -0.4 is 10.1 Å². The Balaban J connectivity index is 2.09. The van der Waals surface area contributed by atoms with Gasteiger partial charge < -0.3 is 14.8 Å². The standard InChI is InChI=1S/C16H22N2O6S/c1-10-7-12(10)16(20)24-9-15(19)17-13-8-11(5-6-14(13)23-4)25(21,22)18(2)3/h5-6,8,10,12H,7,9H2,1-4H3,(H,17,19)/t10-,12-/m0/s1. The third kappa shape index (κ3) is 4.49. The van der Waals surface area contributed by atoms with E-state index >= 15 is 0 Å². The Bertz CT molecular complexity index is 775. The highest BCUT2D eigenvalue weighted by Gasteiger charge is 2.40. The molecule has 1 fully saturated rings. The molecule has 0 spiro atoms. The number of carbonyl (C=O) groups is 2. The van der Waals surface area contributed by atoms with E-state index in [1.54, 1.807) is 0 Å². The molecule has 1 aromatic carbocycles. The number of hydrogen-bond donors (Lipinski definition) is 1. The molecule has 1 aliphatic rings. The molecule has 1 saturated carbocycles. The minimum absolute atomic E-state index is 0.0115. The van der Waals surface area contributed by atoms with Crippen molar-refractivity contribution < 1.29 is 27.5 Å². The minimum atomic E-state index is -3.65. The predicted octanol–water partition coefficient (Wildman–Crippen LogP) is 1.08. The van der Waals surface area contributed by atoms with Crippen molar-refractivity contribution in [3.8, 4) is 5.75 Å². The maximum Gasteiger partial charge on any atom is 0.309 e. The molecule has 0 saturated heterocycles. The minimum Gasteiger partial charge on any atom is -0.495 e. The summed E-state index contributed by atoms with van der Waals surface area (Å²) < 4.78 is 35.6. The van der Waals surface area contributed by atoms with Crippen molar-refractivity contribution in [2.45, 2.75) is 18.2 Å². The average molecular weight is 370 g/mol. The van der Waals surface area contributed by atoms with E-state index in [0.717, 1.165) is 10.7 Å². The van der Waals surface area contributed by atoms with Gasteiger partial charge in [0.2, 0.25) is 10.0 Å². The van der Waals surface area contributed by atoms with Gasteiger partial charge in [-0.3, -0.25) is 9.59 Å². The fourth-order valence-electron chi connectivity index (χ4n) is 2.24.